The molecule has 0 spiro atoms. The molecule has 14 heavy (non-hydrogen) atoms. The van der Waals surface area contributed by atoms with Crippen molar-refractivity contribution in [3.8, 4) is 0 Å². The van der Waals surface area contributed by atoms with Crippen LogP contribution in [0.15, 0.2) is 30.5 Å². The molecular formula is C11H11O3-. The van der Waals surface area contributed by atoms with E-state index < -0.39 is 5.97 Å². The van der Waals surface area contributed by atoms with Gasteiger partial charge in [-0.2, -0.15) is 0 Å². The van der Waals surface area contributed by atoms with E-state index in [0.717, 1.165) is 5.56 Å². The highest BCUT2D eigenvalue weighted by Gasteiger charge is 2.05. The Morgan fingerprint density at radius 3 is 2.57 bits per heavy atom. The molecule has 0 heterocycles. The van der Waals surface area contributed by atoms with Crippen molar-refractivity contribution in [2.24, 2.45) is 0 Å². The van der Waals surface area contributed by atoms with Crippen molar-refractivity contribution in [2.75, 3.05) is 7.11 Å². The second-order valence-corrected chi connectivity index (χ2v) is 2.87. The maximum absolute atomic E-state index is 10.8. The fraction of sp³-hybridized carbons (Fsp3) is 0.182. The molecule has 1 rings (SSSR count). The average molecular weight is 191 g/mol. The summed E-state index contributed by atoms with van der Waals surface area (Å²) in [5.41, 5.74) is 1.56. The minimum atomic E-state index is -1.24. The SMILES string of the molecule is CO/C=C(\C(=O)[O-])c1ccccc1C. The molecule has 0 saturated heterocycles. The molecule has 0 fully saturated rings. The fourth-order valence-corrected chi connectivity index (χ4v) is 1.21. The molecule has 1 aromatic rings. The van der Waals surface area contributed by atoms with Crippen LogP contribution in [0, 0.1) is 6.92 Å². The first-order chi connectivity index (χ1) is 6.66. The molecule has 0 saturated carbocycles. The zero-order chi connectivity index (χ0) is 10.6. The lowest BCUT2D eigenvalue weighted by molar-refractivity contribution is -0.295. The third-order valence-corrected chi connectivity index (χ3v) is 1.89. The third kappa shape index (κ3) is 2.13. The average Bonchev–Trinajstić information content (AvgIpc) is 2.15. The number of aryl methyl sites for hydroxylation is 1. The molecule has 1 aromatic carbocycles. The Labute approximate surface area is 82.6 Å². The summed E-state index contributed by atoms with van der Waals surface area (Å²) in [7, 11) is 1.40. The van der Waals surface area contributed by atoms with Crippen LogP contribution in [0.5, 0.6) is 0 Å². The number of benzene rings is 1. The molecule has 74 valence electrons. The van der Waals surface area contributed by atoms with Crippen LogP contribution in [0.3, 0.4) is 0 Å². The van der Waals surface area contributed by atoms with Gasteiger partial charge < -0.3 is 14.6 Å². The summed E-state index contributed by atoms with van der Waals surface area (Å²) in [5.74, 6) is -1.24. The highest BCUT2D eigenvalue weighted by molar-refractivity contribution is 6.14. The van der Waals surface area contributed by atoms with Crippen LogP contribution in [0.4, 0.5) is 0 Å². The van der Waals surface area contributed by atoms with Crippen LogP contribution in [-0.4, -0.2) is 13.1 Å². The quantitative estimate of drug-likeness (QED) is 0.522. The largest absolute Gasteiger partial charge is 0.545 e. The standard InChI is InChI=1S/C11H12O3/c1-8-5-3-4-6-9(8)10(7-14-2)11(12)13/h3-7H,1-2H3,(H,12,13)/p-1/b10-7-. The smallest absolute Gasteiger partial charge is 0.0921 e. The van der Waals surface area contributed by atoms with Crippen molar-refractivity contribution in [2.45, 2.75) is 6.92 Å². The first-order valence-corrected chi connectivity index (χ1v) is 4.17. The maximum atomic E-state index is 10.8. The van der Waals surface area contributed by atoms with Gasteiger partial charge in [-0.15, -0.1) is 0 Å². The number of ether oxygens (including phenoxy) is 1. The van der Waals surface area contributed by atoms with E-state index in [1.807, 2.05) is 19.1 Å². The van der Waals surface area contributed by atoms with Crippen molar-refractivity contribution in [1.82, 2.24) is 0 Å². The second kappa shape index (κ2) is 4.46. The summed E-state index contributed by atoms with van der Waals surface area (Å²) < 4.78 is 4.69. The molecule has 0 N–H and O–H groups in total. The molecule has 0 aliphatic carbocycles. The molecule has 0 aliphatic heterocycles. The Hall–Kier alpha value is -1.77. The maximum Gasteiger partial charge on any atom is 0.0921 e. The lowest BCUT2D eigenvalue weighted by Gasteiger charge is -2.10. The highest BCUT2D eigenvalue weighted by atomic mass is 16.5. The van der Waals surface area contributed by atoms with Crippen molar-refractivity contribution in [3.63, 3.8) is 0 Å². The van der Waals surface area contributed by atoms with Gasteiger partial charge in [0.1, 0.15) is 0 Å². The van der Waals surface area contributed by atoms with E-state index >= 15 is 0 Å². The Morgan fingerprint density at radius 2 is 2.07 bits per heavy atom. The van der Waals surface area contributed by atoms with Crippen LogP contribution in [-0.2, 0) is 9.53 Å². The molecule has 0 bridgehead atoms. The zero-order valence-electron chi connectivity index (χ0n) is 8.11. The van der Waals surface area contributed by atoms with Crippen molar-refractivity contribution in [1.29, 1.82) is 0 Å². The monoisotopic (exact) mass is 191 g/mol. The predicted molar refractivity (Wildman–Crippen MR) is 51.2 cm³/mol. The van der Waals surface area contributed by atoms with E-state index in [9.17, 15) is 9.90 Å². The summed E-state index contributed by atoms with van der Waals surface area (Å²) in [6.07, 6.45) is 1.18. The Morgan fingerprint density at radius 1 is 1.43 bits per heavy atom. The minimum Gasteiger partial charge on any atom is -0.545 e. The van der Waals surface area contributed by atoms with Gasteiger partial charge in [-0.3, -0.25) is 0 Å². The summed E-state index contributed by atoms with van der Waals surface area (Å²) in [4.78, 5) is 10.8. The number of carboxylic acid groups (broad SMARTS) is 1. The molecule has 0 aliphatic rings. The molecule has 0 atom stereocenters. The molecule has 0 amide bonds. The first kappa shape index (κ1) is 10.3. The lowest BCUT2D eigenvalue weighted by Crippen LogP contribution is -2.24. The minimum absolute atomic E-state index is 0.0607. The lowest BCUT2D eigenvalue weighted by atomic mass is 10.0. The van der Waals surface area contributed by atoms with Crippen LogP contribution < -0.4 is 5.11 Å². The van der Waals surface area contributed by atoms with Crippen LogP contribution in [0.2, 0.25) is 0 Å². The number of carbonyl (C=O) groups is 1. The summed E-state index contributed by atoms with van der Waals surface area (Å²) in [6.45, 7) is 1.84. The molecule has 0 aromatic heterocycles. The number of carboxylic acids is 1. The number of carbonyl (C=O) groups excluding carboxylic acids is 1. The van der Waals surface area contributed by atoms with Gasteiger partial charge in [-0.1, -0.05) is 24.3 Å². The molecule has 0 unspecified atom stereocenters. The molecular weight excluding hydrogens is 180 g/mol. The van der Waals surface area contributed by atoms with Gasteiger partial charge in [-0.05, 0) is 18.1 Å². The summed E-state index contributed by atoms with van der Waals surface area (Å²) in [6, 6.07) is 7.17. The van der Waals surface area contributed by atoms with Crippen LogP contribution in [0.25, 0.3) is 5.57 Å². The second-order valence-electron chi connectivity index (χ2n) is 2.87. The van der Waals surface area contributed by atoms with Gasteiger partial charge in [0, 0.05) is 5.57 Å². The number of methoxy groups -OCH3 is 1. The van der Waals surface area contributed by atoms with Crippen molar-refractivity contribution < 1.29 is 14.6 Å². The Bertz CT molecular complexity index is 367. The van der Waals surface area contributed by atoms with Gasteiger partial charge in [0.15, 0.2) is 0 Å². The number of aliphatic carboxylic acids is 1. The third-order valence-electron chi connectivity index (χ3n) is 1.89. The van der Waals surface area contributed by atoms with Gasteiger partial charge in [0.05, 0.1) is 19.3 Å². The van der Waals surface area contributed by atoms with Crippen LogP contribution in [0.1, 0.15) is 11.1 Å². The van der Waals surface area contributed by atoms with E-state index in [1.165, 1.54) is 13.4 Å². The van der Waals surface area contributed by atoms with E-state index in [0.29, 0.717) is 5.56 Å². The van der Waals surface area contributed by atoms with E-state index in [2.05, 4.69) is 0 Å². The van der Waals surface area contributed by atoms with Crippen LogP contribution >= 0.6 is 0 Å². The van der Waals surface area contributed by atoms with Crippen molar-refractivity contribution >= 4 is 11.5 Å². The highest BCUT2D eigenvalue weighted by Crippen LogP contribution is 2.17. The van der Waals surface area contributed by atoms with Gasteiger partial charge in [-0.25, -0.2) is 0 Å². The van der Waals surface area contributed by atoms with Crippen molar-refractivity contribution in [3.05, 3.63) is 41.7 Å². The van der Waals surface area contributed by atoms with Gasteiger partial charge in [0.25, 0.3) is 0 Å². The molecule has 0 radical (unpaired) electrons. The number of rotatable bonds is 3. The Kier molecular flexibility index (Phi) is 3.29. The predicted octanol–water partition coefficient (Wildman–Crippen LogP) is 0.732. The zero-order valence-corrected chi connectivity index (χ0v) is 8.11. The topological polar surface area (TPSA) is 49.4 Å². The fourth-order valence-electron chi connectivity index (χ4n) is 1.21. The first-order valence-electron chi connectivity index (χ1n) is 4.17. The van der Waals surface area contributed by atoms with E-state index in [1.54, 1.807) is 12.1 Å². The van der Waals surface area contributed by atoms with E-state index in [4.69, 9.17) is 4.74 Å². The summed E-state index contributed by atoms with van der Waals surface area (Å²) in [5, 5.41) is 10.8. The van der Waals surface area contributed by atoms with Gasteiger partial charge in [0.2, 0.25) is 0 Å². The normalized spacial score (nSPS) is 11.1. The molecule has 3 heteroatoms. The van der Waals surface area contributed by atoms with E-state index in [-0.39, 0.29) is 5.57 Å². The van der Waals surface area contributed by atoms with Gasteiger partial charge >= 0.3 is 0 Å². The Balaban J connectivity index is 3.19. The molecule has 3 nitrogen and oxygen atoms in total. The summed E-state index contributed by atoms with van der Waals surface area (Å²) >= 11 is 0. The number of hydrogen-bond donors (Lipinski definition) is 0. The number of hydrogen-bond acceptors (Lipinski definition) is 3.